The Morgan fingerprint density at radius 2 is 2.57 bits per heavy atom. The lowest BCUT2D eigenvalue weighted by Crippen LogP contribution is -1.73. The van der Waals surface area contributed by atoms with Crippen LogP contribution in [0.5, 0.6) is 0 Å². The van der Waals surface area contributed by atoms with Crippen molar-refractivity contribution in [2.24, 2.45) is 5.11 Å². The maximum atomic E-state index is 10.3. The number of thiophene rings is 1. The van der Waals surface area contributed by atoms with Crippen LogP contribution < -0.4 is 0 Å². The fourth-order valence-corrected chi connectivity index (χ4v) is 1.44. The predicted molar refractivity (Wildman–Crippen MR) is 55.2 cm³/mol. The number of aldehydes is 1. The van der Waals surface area contributed by atoms with E-state index < -0.39 is 0 Å². The first-order chi connectivity index (χ1) is 6.86. The fourth-order valence-electron chi connectivity index (χ4n) is 0.795. The number of rotatable bonds is 3. The first kappa shape index (κ1) is 10.3. The van der Waals surface area contributed by atoms with Crippen molar-refractivity contribution in [3.8, 4) is 11.8 Å². The van der Waals surface area contributed by atoms with Crippen LogP contribution in [0.1, 0.15) is 21.7 Å². The van der Waals surface area contributed by atoms with Gasteiger partial charge in [0.1, 0.15) is 0 Å². The Morgan fingerprint density at radius 3 is 3.21 bits per heavy atom. The molecule has 1 aromatic rings. The van der Waals surface area contributed by atoms with E-state index in [9.17, 15) is 4.79 Å². The largest absolute Gasteiger partial charge is 0.297 e. The topological polar surface area (TPSA) is 65.8 Å². The second-order valence-electron chi connectivity index (χ2n) is 2.36. The van der Waals surface area contributed by atoms with Crippen LogP contribution in [0.25, 0.3) is 10.4 Å². The molecular weight excluding hydrogens is 198 g/mol. The third-order valence-electron chi connectivity index (χ3n) is 1.37. The molecule has 0 atom stereocenters. The molecule has 0 saturated heterocycles. The summed E-state index contributed by atoms with van der Waals surface area (Å²) >= 11 is 1.37. The van der Waals surface area contributed by atoms with Gasteiger partial charge in [0.2, 0.25) is 0 Å². The van der Waals surface area contributed by atoms with Crippen molar-refractivity contribution >= 4 is 17.6 Å². The molecule has 0 aromatic carbocycles. The van der Waals surface area contributed by atoms with Crippen LogP contribution in [0, 0.1) is 11.8 Å². The summed E-state index contributed by atoms with van der Waals surface area (Å²) in [6.45, 7) is 0.383. The van der Waals surface area contributed by atoms with Gasteiger partial charge in [-0.05, 0) is 11.6 Å². The normalized spacial score (nSPS) is 8.29. The Morgan fingerprint density at radius 1 is 1.71 bits per heavy atom. The van der Waals surface area contributed by atoms with Gasteiger partial charge in [-0.25, -0.2) is 0 Å². The fraction of sp³-hybridized carbons (Fsp3) is 0.222. The second-order valence-corrected chi connectivity index (χ2v) is 3.30. The van der Waals surface area contributed by atoms with Gasteiger partial charge >= 0.3 is 0 Å². The number of nitrogens with zero attached hydrogens (tertiary/aromatic N) is 3. The van der Waals surface area contributed by atoms with Gasteiger partial charge in [0, 0.05) is 28.8 Å². The van der Waals surface area contributed by atoms with Crippen LogP contribution in [0.15, 0.2) is 16.6 Å². The Labute approximate surface area is 85.2 Å². The van der Waals surface area contributed by atoms with Crippen LogP contribution in [0.3, 0.4) is 0 Å². The average molecular weight is 205 g/mol. The Bertz CT molecular complexity index is 421. The average Bonchev–Trinajstić information content (AvgIpc) is 2.65. The van der Waals surface area contributed by atoms with E-state index in [4.69, 9.17) is 5.53 Å². The summed E-state index contributed by atoms with van der Waals surface area (Å²) in [5.41, 5.74) is 8.82. The van der Waals surface area contributed by atoms with Gasteiger partial charge in [-0.15, -0.1) is 11.3 Å². The molecule has 5 heteroatoms. The van der Waals surface area contributed by atoms with Crippen molar-refractivity contribution < 1.29 is 4.79 Å². The van der Waals surface area contributed by atoms with Gasteiger partial charge in [0.25, 0.3) is 0 Å². The number of carbonyl (C=O) groups is 1. The molecule has 0 aliphatic heterocycles. The van der Waals surface area contributed by atoms with E-state index in [1.807, 2.05) is 5.38 Å². The van der Waals surface area contributed by atoms with Gasteiger partial charge in [0.15, 0.2) is 6.29 Å². The second kappa shape index (κ2) is 5.81. The molecule has 0 N–H and O–H groups in total. The molecule has 0 unspecified atom stereocenters. The first-order valence-corrected chi connectivity index (χ1v) is 4.78. The predicted octanol–water partition coefficient (Wildman–Crippen LogP) is 2.61. The van der Waals surface area contributed by atoms with Crippen LogP contribution in [0.4, 0.5) is 0 Å². The summed E-state index contributed by atoms with van der Waals surface area (Å²) < 4.78 is 0. The van der Waals surface area contributed by atoms with Gasteiger partial charge in [-0.3, -0.25) is 4.79 Å². The van der Waals surface area contributed by atoms with Crippen LogP contribution in [0.2, 0.25) is 0 Å². The van der Waals surface area contributed by atoms with Crippen molar-refractivity contribution in [3.05, 3.63) is 32.3 Å². The molecule has 0 radical (unpaired) electrons. The maximum absolute atomic E-state index is 10.3. The number of hydrogen-bond donors (Lipinski definition) is 0. The minimum Gasteiger partial charge on any atom is -0.297 e. The minimum atomic E-state index is 0.383. The SMILES string of the molecule is [N-]=[N+]=NCCC#Cc1csc(C=O)c1. The highest BCUT2D eigenvalue weighted by Gasteiger charge is 1.93. The summed E-state index contributed by atoms with van der Waals surface area (Å²) in [5.74, 6) is 5.73. The molecule has 1 heterocycles. The van der Waals surface area contributed by atoms with E-state index in [1.165, 1.54) is 11.3 Å². The van der Waals surface area contributed by atoms with E-state index in [0.29, 0.717) is 17.8 Å². The van der Waals surface area contributed by atoms with Crippen LogP contribution in [-0.2, 0) is 0 Å². The highest BCUT2D eigenvalue weighted by molar-refractivity contribution is 7.11. The molecule has 0 bridgehead atoms. The van der Waals surface area contributed by atoms with Crippen molar-refractivity contribution in [2.75, 3.05) is 6.54 Å². The van der Waals surface area contributed by atoms with Crippen molar-refractivity contribution in [1.29, 1.82) is 0 Å². The molecule has 1 aromatic heterocycles. The molecular formula is C9H7N3OS. The summed E-state index contributed by atoms with van der Waals surface area (Å²) in [7, 11) is 0. The molecule has 14 heavy (non-hydrogen) atoms. The highest BCUT2D eigenvalue weighted by Crippen LogP contribution is 2.10. The monoisotopic (exact) mass is 205 g/mol. The van der Waals surface area contributed by atoms with Crippen LogP contribution >= 0.6 is 11.3 Å². The minimum absolute atomic E-state index is 0.383. The third-order valence-corrected chi connectivity index (χ3v) is 2.23. The molecule has 0 fully saturated rings. The van der Waals surface area contributed by atoms with E-state index >= 15 is 0 Å². The smallest absolute Gasteiger partial charge is 0.160 e. The summed E-state index contributed by atoms with van der Waals surface area (Å²) in [6.07, 6.45) is 1.34. The Hall–Kier alpha value is -1.76. The lowest BCUT2D eigenvalue weighted by Gasteiger charge is -1.78. The molecule has 0 aliphatic rings. The number of azide groups is 1. The van der Waals surface area contributed by atoms with E-state index in [2.05, 4.69) is 21.9 Å². The van der Waals surface area contributed by atoms with Crippen molar-refractivity contribution in [2.45, 2.75) is 6.42 Å². The maximum Gasteiger partial charge on any atom is 0.160 e. The lowest BCUT2D eigenvalue weighted by atomic mass is 10.3. The zero-order chi connectivity index (χ0) is 10.2. The number of carbonyl (C=O) groups excluding carboxylic acids is 1. The Kier molecular flexibility index (Phi) is 4.29. The quantitative estimate of drug-likeness (QED) is 0.187. The molecule has 4 nitrogen and oxygen atoms in total. The van der Waals surface area contributed by atoms with E-state index in [-0.39, 0.29) is 0 Å². The lowest BCUT2D eigenvalue weighted by molar-refractivity contribution is 0.112. The summed E-state index contributed by atoms with van der Waals surface area (Å²) in [5, 5.41) is 5.17. The van der Waals surface area contributed by atoms with Crippen molar-refractivity contribution in [3.63, 3.8) is 0 Å². The molecule has 1 rings (SSSR count). The van der Waals surface area contributed by atoms with Gasteiger partial charge in [-0.1, -0.05) is 17.0 Å². The molecule has 0 aliphatic carbocycles. The zero-order valence-corrected chi connectivity index (χ0v) is 8.12. The molecule has 0 saturated carbocycles. The van der Waals surface area contributed by atoms with Crippen molar-refractivity contribution in [1.82, 2.24) is 0 Å². The summed E-state index contributed by atoms with van der Waals surface area (Å²) in [4.78, 5) is 13.6. The zero-order valence-electron chi connectivity index (χ0n) is 7.30. The molecule has 0 amide bonds. The van der Waals surface area contributed by atoms with E-state index in [0.717, 1.165) is 11.8 Å². The molecule has 0 spiro atoms. The number of hydrogen-bond acceptors (Lipinski definition) is 3. The standard InChI is InChI=1S/C9H7N3OS/c10-12-11-4-2-1-3-8-5-9(6-13)14-7-8/h5-7H,2,4H2. The first-order valence-electron chi connectivity index (χ1n) is 3.90. The van der Waals surface area contributed by atoms with Gasteiger partial charge in [0.05, 0.1) is 4.88 Å². The van der Waals surface area contributed by atoms with Crippen LogP contribution in [-0.4, -0.2) is 12.8 Å². The highest BCUT2D eigenvalue weighted by atomic mass is 32.1. The van der Waals surface area contributed by atoms with Gasteiger partial charge < -0.3 is 0 Å². The molecule has 70 valence electrons. The van der Waals surface area contributed by atoms with E-state index in [1.54, 1.807) is 6.07 Å². The third kappa shape index (κ3) is 3.31. The Balaban J connectivity index is 2.50. The van der Waals surface area contributed by atoms with Gasteiger partial charge in [-0.2, -0.15) is 0 Å². The summed E-state index contributed by atoms with van der Waals surface area (Å²) in [6, 6.07) is 1.73.